The molecular formula is C9H16N2O4. The van der Waals surface area contributed by atoms with Gasteiger partial charge in [-0.05, 0) is 14.1 Å². The molecular weight excluding hydrogens is 200 g/mol. The molecule has 1 saturated heterocycles. The average Bonchev–Trinajstić information content (AvgIpc) is 2.16. The van der Waals surface area contributed by atoms with Gasteiger partial charge in [0.25, 0.3) is 0 Å². The van der Waals surface area contributed by atoms with Gasteiger partial charge < -0.3 is 19.6 Å². The minimum absolute atomic E-state index is 0.0779. The van der Waals surface area contributed by atoms with E-state index in [0.29, 0.717) is 13.2 Å². The Bertz CT molecular complexity index is 254. The predicted molar refractivity (Wildman–Crippen MR) is 52.5 cm³/mol. The van der Waals surface area contributed by atoms with E-state index < -0.39 is 12.0 Å². The molecule has 1 heterocycles. The highest BCUT2D eigenvalue weighted by atomic mass is 16.5. The number of nitrogens with zero attached hydrogens (tertiary/aromatic N) is 2. The summed E-state index contributed by atoms with van der Waals surface area (Å²) in [6.07, 6.45) is 0. The van der Waals surface area contributed by atoms with Crippen LogP contribution < -0.4 is 0 Å². The van der Waals surface area contributed by atoms with Crippen LogP contribution in [0.1, 0.15) is 0 Å². The molecule has 1 unspecified atom stereocenters. The zero-order valence-electron chi connectivity index (χ0n) is 8.97. The van der Waals surface area contributed by atoms with Crippen molar-refractivity contribution in [2.45, 2.75) is 6.04 Å². The van der Waals surface area contributed by atoms with Gasteiger partial charge in [-0.25, -0.2) is 4.79 Å². The van der Waals surface area contributed by atoms with Crippen LogP contribution in [0.3, 0.4) is 0 Å². The summed E-state index contributed by atoms with van der Waals surface area (Å²) in [6, 6.07) is -0.841. The van der Waals surface area contributed by atoms with E-state index in [0.717, 1.165) is 0 Å². The largest absolute Gasteiger partial charge is 0.480 e. The summed E-state index contributed by atoms with van der Waals surface area (Å²) in [6.45, 7) is 1.06. The van der Waals surface area contributed by atoms with Crippen molar-refractivity contribution in [2.75, 3.05) is 40.4 Å². The molecule has 0 bridgehead atoms. The lowest BCUT2D eigenvalue weighted by atomic mass is 10.2. The van der Waals surface area contributed by atoms with Crippen molar-refractivity contribution < 1.29 is 19.4 Å². The van der Waals surface area contributed by atoms with Crippen molar-refractivity contribution in [2.24, 2.45) is 0 Å². The van der Waals surface area contributed by atoms with E-state index >= 15 is 0 Å². The van der Waals surface area contributed by atoms with Crippen molar-refractivity contribution in [1.29, 1.82) is 0 Å². The fraction of sp³-hybridized carbons (Fsp3) is 0.778. The molecule has 1 fully saturated rings. The zero-order chi connectivity index (χ0) is 11.4. The van der Waals surface area contributed by atoms with Crippen molar-refractivity contribution in [3.05, 3.63) is 0 Å². The fourth-order valence-electron chi connectivity index (χ4n) is 1.47. The van der Waals surface area contributed by atoms with Crippen molar-refractivity contribution in [1.82, 2.24) is 9.80 Å². The molecule has 0 spiro atoms. The first-order valence-corrected chi connectivity index (χ1v) is 4.77. The maximum Gasteiger partial charge on any atom is 0.328 e. The first kappa shape index (κ1) is 11.9. The van der Waals surface area contributed by atoms with Gasteiger partial charge in [-0.1, -0.05) is 0 Å². The lowest BCUT2D eigenvalue weighted by Gasteiger charge is -2.33. The Labute approximate surface area is 88.4 Å². The molecule has 6 heteroatoms. The maximum absolute atomic E-state index is 11.7. The van der Waals surface area contributed by atoms with Crippen molar-refractivity contribution >= 4 is 11.9 Å². The normalized spacial score (nSPS) is 21.8. The molecule has 0 aromatic rings. The smallest absolute Gasteiger partial charge is 0.328 e. The Balaban J connectivity index is 2.63. The number of carbonyl (C=O) groups excluding carboxylic acids is 1. The number of hydrogen-bond donors (Lipinski definition) is 1. The Morgan fingerprint density at radius 2 is 2.20 bits per heavy atom. The van der Waals surface area contributed by atoms with E-state index in [1.165, 1.54) is 4.90 Å². The second-order valence-corrected chi connectivity index (χ2v) is 3.75. The third-order valence-electron chi connectivity index (χ3n) is 2.19. The number of carboxylic acids is 1. The third kappa shape index (κ3) is 3.17. The van der Waals surface area contributed by atoms with Gasteiger partial charge in [-0.3, -0.25) is 4.79 Å². The number of morpholine rings is 1. The minimum Gasteiger partial charge on any atom is -0.480 e. The number of ether oxygens (including phenoxy) is 1. The number of rotatable bonds is 3. The molecule has 0 saturated carbocycles. The molecule has 0 radical (unpaired) electrons. The van der Waals surface area contributed by atoms with E-state index in [-0.39, 0.29) is 19.1 Å². The quantitative estimate of drug-likeness (QED) is 0.645. The molecule has 6 nitrogen and oxygen atoms in total. The second kappa shape index (κ2) is 5.09. The van der Waals surface area contributed by atoms with Crippen molar-refractivity contribution in [3.8, 4) is 0 Å². The number of carboxylic acid groups (broad SMARTS) is 1. The van der Waals surface area contributed by atoms with Gasteiger partial charge in [0.15, 0.2) is 6.04 Å². The summed E-state index contributed by atoms with van der Waals surface area (Å²) < 4.78 is 5.04. The van der Waals surface area contributed by atoms with Gasteiger partial charge in [0.05, 0.1) is 19.8 Å². The summed E-state index contributed by atoms with van der Waals surface area (Å²) in [5.74, 6) is -1.18. The molecule has 0 aliphatic carbocycles. The number of likely N-dealkylation sites (N-methyl/N-ethyl adjacent to an activating group) is 1. The van der Waals surface area contributed by atoms with Crippen LogP contribution in [0.5, 0.6) is 0 Å². The number of amides is 1. The molecule has 1 N–H and O–H groups in total. The Kier molecular flexibility index (Phi) is 4.05. The van der Waals surface area contributed by atoms with Crippen LogP contribution in [0, 0.1) is 0 Å². The zero-order valence-corrected chi connectivity index (χ0v) is 8.97. The molecule has 1 rings (SSSR count). The number of aliphatic carboxylic acids is 1. The summed E-state index contributed by atoms with van der Waals surface area (Å²) in [5, 5.41) is 8.90. The standard InChI is InChI=1S/C9H16N2O4/c1-10(2)5-8(12)11-3-4-15-6-7(11)9(13)14/h7H,3-6H2,1-2H3,(H,13,14). The Morgan fingerprint density at radius 3 is 2.73 bits per heavy atom. The van der Waals surface area contributed by atoms with E-state index in [1.807, 2.05) is 0 Å². The molecule has 86 valence electrons. The highest BCUT2D eigenvalue weighted by Crippen LogP contribution is 2.07. The van der Waals surface area contributed by atoms with Crippen LogP contribution in [-0.2, 0) is 14.3 Å². The second-order valence-electron chi connectivity index (χ2n) is 3.75. The molecule has 1 amide bonds. The van der Waals surface area contributed by atoms with Crippen LogP contribution >= 0.6 is 0 Å². The van der Waals surface area contributed by atoms with Crippen LogP contribution in [0.4, 0.5) is 0 Å². The van der Waals surface area contributed by atoms with E-state index in [9.17, 15) is 9.59 Å². The average molecular weight is 216 g/mol. The van der Waals surface area contributed by atoms with Gasteiger partial charge in [0.2, 0.25) is 5.91 Å². The van der Waals surface area contributed by atoms with Crippen LogP contribution in [-0.4, -0.2) is 73.2 Å². The molecule has 1 atom stereocenters. The van der Waals surface area contributed by atoms with Gasteiger partial charge in [0, 0.05) is 6.54 Å². The van der Waals surface area contributed by atoms with E-state index in [4.69, 9.17) is 9.84 Å². The summed E-state index contributed by atoms with van der Waals surface area (Å²) in [5.41, 5.74) is 0. The maximum atomic E-state index is 11.7. The molecule has 1 aliphatic heterocycles. The summed E-state index contributed by atoms with van der Waals surface area (Å²) >= 11 is 0. The third-order valence-corrected chi connectivity index (χ3v) is 2.19. The Hall–Kier alpha value is -1.14. The highest BCUT2D eigenvalue weighted by Gasteiger charge is 2.32. The van der Waals surface area contributed by atoms with Gasteiger partial charge in [-0.2, -0.15) is 0 Å². The monoisotopic (exact) mass is 216 g/mol. The van der Waals surface area contributed by atoms with Crippen molar-refractivity contribution in [3.63, 3.8) is 0 Å². The molecule has 15 heavy (non-hydrogen) atoms. The first-order chi connectivity index (χ1) is 7.02. The Morgan fingerprint density at radius 1 is 1.53 bits per heavy atom. The van der Waals surface area contributed by atoms with Gasteiger partial charge >= 0.3 is 5.97 Å². The van der Waals surface area contributed by atoms with Crippen LogP contribution in [0.15, 0.2) is 0 Å². The van der Waals surface area contributed by atoms with E-state index in [2.05, 4.69) is 0 Å². The lowest BCUT2D eigenvalue weighted by Crippen LogP contribution is -2.54. The van der Waals surface area contributed by atoms with Crippen LogP contribution in [0.2, 0.25) is 0 Å². The van der Waals surface area contributed by atoms with Gasteiger partial charge in [-0.15, -0.1) is 0 Å². The van der Waals surface area contributed by atoms with E-state index in [1.54, 1.807) is 19.0 Å². The van der Waals surface area contributed by atoms with Gasteiger partial charge in [0.1, 0.15) is 0 Å². The molecule has 0 aromatic carbocycles. The molecule has 0 aromatic heterocycles. The fourth-order valence-corrected chi connectivity index (χ4v) is 1.47. The lowest BCUT2D eigenvalue weighted by molar-refractivity contribution is -0.158. The molecule has 1 aliphatic rings. The van der Waals surface area contributed by atoms with Crippen LogP contribution in [0.25, 0.3) is 0 Å². The number of carbonyl (C=O) groups is 2. The highest BCUT2D eigenvalue weighted by molar-refractivity contribution is 5.85. The topological polar surface area (TPSA) is 70.1 Å². The number of hydrogen-bond acceptors (Lipinski definition) is 4. The predicted octanol–water partition coefficient (Wildman–Crippen LogP) is -1.14. The SMILES string of the molecule is CN(C)CC(=O)N1CCOCC1C(=O)O. The first-order valence-electron chi connectivity index (χ1n) is 4.77. The minimum atomic E-state index is -1.01. The summed E-state index contributed by atoms with van der Waals surface area (Å²) in [7, 11) is 3.54. The summed E-state index contributed by atoms with van der Waals surface area (Å²) in [4.78, 5) is 25.6.